The number of halogens is 7. The van der Waals surface area contributed by atoms with Crippen molar-refractivity contribution in [1.82, 2.24) is 0 Å². The fourth-order valence-electron chi connectivity index (χ4n) is 1.57. The summed E-state index contributed by atoms with van der Waals surface area (Å²) in [6.07, 6.45) is 0. The highest BCUT2D eigenvalue weighted by Gasteiger charge is 2.30. The SMILES string of the molecule is O=[N+]([O-])c1c(Cl)c(Cl)c(Cl)c(Cl)c1Oc1cc(Cl)c(Cl)c(Cl)c1. The summed E-state index contributed by atoms with van der Waals surface area (Å²) in [7, 11) is 0. The van der Waals surface area contributed by atoms with Crippen molar-refractivity contribution < 1.29 is 9.66 Å². The average Bonchev–Trinajstić information content (AvgIpc) is 2.47. The molecular weight excluding hydrogens is 454 g/mol. The van der Waals surface area contributed by atoms with E-state index >= 15 is 0 Å². The first-order valence-electron chi connectivity index (χ1n) is 5.47. The molecular formula is C12H2Cl7NO3. The normalized spacial score (nSPS) is 10.7. The Labute approximate surface area is 164 Å². The van der Waals surface area contributed by atoms with Crippen molar-refractivity contribution >= 4 is 86.9 Å². The van der Waals surface area contributed by atoms with Gasteiger partial charge in [-0.2, -0.15) is 0 Å². The first-order valence-corrected chi connectivity index (χ1v) is 8.12. The van der Waals surface area contributed by atoms with Gasteiger partial charge in [-0.15, -0.1) is 0 Å². The summed E-state index contributed by atoms with van der Waals surface area (Å²) in [5.41, 5.74) is -0.645. The van der Waals surface area contributed by atoms with E-state index in [-0.39, 0.29) is 35.9 Å². The van der Waals surface area contributed by atoms with Crippen LogP contribution in [0.5, 0.6) is 11.5 Å². The van der Waals surface area contributed by atoms with Crippen LogP contribution in [0.3, 0.4) is 0 Å². The van der Waals surface area contributed by atoms with Crippen molar-refractivity contribution in [2.24, 2.45) is 0 Å². The predicted octanol–water partition coefficient (Wildman–Crippen LogP) is 7.96. The fraction of sp³-hybridized carbons (Fsp3) is 0. The van der Waals surface area contributed by atoms with Gasteiger partial charge in [0, 0.05) is 12.1 Å². The average molecular weight is 456 g/mol. The maximum Gasteiger partial charge on any atom is 0.333 e. The number of hydrogen-bond acceptors (Lipinski definition) is 3. The Balaban J connectivity index is 2.67. The minimum absolute atomic E-state index is 0.0452. The van der Waals surface area contributed by atoms with Gasteiger partial charge in [0.15, 0.2) is 0 Å². The third kappa shape index (κ3) is 3.69. The second-order valence-corrected chi connectivity index (χ2v) is 6.70. The van der Waals surface area contributed by atoms with E-state index < -0.39 is 21.4 Å². The van der Waals surface area contributed by atoms with E-state index in [1.165, 1.54) is 12.1 Å². The van der Waals surface area contributed by atoms with Crippen LogP contribution in [-0.2, 0) is 0 Å². The Kier molecular flexibility index (Phi) is 6.01. The molecule has 0 N–H and O–H groups in total. The van der Waals surface area contributed by atoms with Gasteiger partial charge in [0.05, 0.1) is 30.0 Å². The monoisotopic (exact) mass is 453 g/mol. The Morgan fingerprint density at radius 2 is 1.26 bits per heavy atom. The molecule has 122 valence electrons. The molecule has 0 bridgehead atoms. The second kappa shape index (κ2) is 7.28. The van der Waals surface area contributed by atoms with Crippen LogP contribution < -0.4 is 4.74 Å². The highest BCUT2D eigenvalue weighted by Crippen LogP contribution is 2.51. The summed E-state index contributed by atoms with van der Waals surface area (Å²) in [5, 5.41) is 10.4. The summed E-state index contributed by atoms with van der Waals surface area (Å²) < 4.78 is 5.41. The van der Waals surface area contributed by atoms with Gasteiger partial charge in [-0.05, 0) is 0 Å². The minimum Gasteiger partial charge on any atom is -0.448 e. The van der Waals surface area contributed by atoms with Crippen LogP contribution >= 0.6 is 81.2 Å². The molecule has 11 heteroatoms. The van der Waals surface area contributed by atoms with Crippen LogP contribution in [0, 0.1) is 10.1 Å². The molecule has 2 aromatic carbocycles. The molecule has 0 atom stereocenters. The molecule has 23 heavy (non-hydrogen) atoms. The van der Waals surface area contributed by atoms with Crippen molar-refractivity contribution in [3.63, 3.8) is 0 Å². The van der Waals surface area contributed by atoms with Gasteiger partial charge in [-0.1, -0.05) is 81.2 Å². The molecule has 0 spiro atoms. The van der Waals surface area contributed by atoms with Crippen molar-refractivity contribution in [3.8, 4) is 11.5 Å². The first kappa shape index (κ1) is 19.0. The molecule has 0 heterocycles. The molecule has 0 aliphatic heterocycles. The van der Waals surface area contributed by atoms with E-state index in [2.05, 4.69) is 0 Å². The van der Waals surface area contributed by atoms with E-state index in [4.69, 9.17) is 85.9 Å². The molecule has 0 radical (unpaired) electrons. The first-order chi connectivity index (χ1) is 10.6. The van der Waals surface area contributed by atoms with Gasteiger partial charge in [-0.25, -0.2) is 0 Å². The van der Waals surface area contributed by atoms with Gasteiger partial charge in [0.1, 0.15) is 15.8 Å². The maximum atomic E-state index is 11.2. The standard InChI is InChI=1S/C12H2Cl7NO3/c13-4-1-3(2-5(14)6(4)15)23-12-10(19)8(17)7(16)9(18)11(12)20(21)22/h1-2H. The summed E-state index contributed by atoms with van der Waals surface area (Å²) >= 11 is 41.1. The zero-order chi connectivity index (χ0) is 17.5. The Morgan fingerprint density at radius 1 is 0.783 bits per heavy atom. The highest BCUT2D eigenvalue weighted by molar-refractivity contribution is 6.53. The number of benzene rings is 2. The number of ether oxygens (including phenoxy) is 1. The molecule has 4 nitrogen and oxygen atoms in total. The maximum absolute atomic E-state index is 11.2. The van der Waals surface area contributed by atoms with Crippen LogP contribution in [0.1, 0.15) is 0 Å². The van der Waals surface area contributed by atoms with E-state index in [0.29, 0.717) is 0 Å². The Hall–Kier alpha value is -0.330. The zero-order valence-electron chi connectivity index (χ0n) is 10.5. The summed E-state index contributed by atoms with van der Waals surface area (Å²) in [5.74, 6) is -0.352. The lowest BCUT2D eigenvalue weighted by Gasteiger charge is -2.12. The van der Waals surface area contributed by atoms with Crippen molar-refractivity contribution in [3.05, 3.63) is 57.4 Å². The van der Waals surface area contributed by atoms with E-state index in [1.807, 2.05) is 0 Å². The van der Waals surface area contributed by atoms with Crippen LogP contribution in [-0.4, -0.2) is 4.92 Å². The van der Waals surface area contributed by atoms with E-state index in [1.54, 1.807) is 0 Å². The molecule has 0 unspecified atom stereocenters. The van der Waals surface area contributed by atoms with E-state index in [0.717, 1.165) is 0 Å². The molecule has 0 saturated heterocycles. The lowest BCUT2D eigenvalue weighted by Crippen LogP contribution is -1.97. The molecule has 0 amide bonds. The molecule has 0 saturated carbocycles. The highest BCUT2D eigenvalue weighted by atomic mass is 35.5. The molecule has 0 aliphatic carbocycles. The van der Waals surface area contributed by atoms with Crippen molar-refractivity contribution in [2.45, 2.75) is 0 Å². The van der Waals surface area contributed by atoms with Gasteiger partial charge in [0.25, 0.3) is 0 Å². The van der Waals surface area contributed by atoms with Crippen LogP contribution in [0.2, 0.25) is 35.2 Å². The minimum atomic E-state index is -0.801. The molecule has 2 rings (SSSR count). The molecule has 0 aliphatic rings. The molecule has 0 fully saturated rings. The summed E-state index contributed by atoms with van der Waals surface area (Å²) in [6, 6.07) is 2.60. The van der Waals surface area contributed by atoms with Crippen molar-refractivity contribution in [2.75, 3.05) is 0 Å². The van der Waals surface area contributed by atoms with Crippen molar-refractivity contribution in [1.29, 1.82) is 0 Å². The summed E-state index contributed by atoms with van der Waals surface area (Å²) in [4.78, 5) is 10.4. The predicted molar refractivity (Wildman–Crippen MR) is 94.7 cm³/mol. The number of nitrogens with zero attached hydrogens (tertiary/aromatic N) is 1. The molecule has 2 aromatic rings. The van der Waals surface area contributed by atoms with Gasteiger partial charge in [0.2, 0.25) is 5.75 Å². The number of nitro groups is 1. The van der Waals surface area contributed by atoms with Crippen LogP contribution in [0.4, 0.5) is 5.69 Å². The third-order valence-corrected chi connectivity index (χ3v) is 5.53. The topological polar surface area (TPSA) is 52.4 Å². The molecule has 0 aromatic heterocycles. The van der Waals surface area contributed by atoms with Crippen LogP contribution in [0.15, 0.2) is 12.1 Å². The van der Waals surface area contributed by atoms with Crippen LogP contribution in [0.25, 0.3) is 0 Å². The largest absolute Gasteiger partial charge is 0.448 e. The van der Waals surface area contributed by atoms with E-state index in [9.17, 15) is 10.1 Å². The second-order valence-electron chi connectivity index (χ2n) is 3.99. The van der Waals surface area contributed by atoms with Gasteiger partial charge >= 0.3 is 5.69 Å². The lowest BCUT2D eigenvalue weighted by atomic mass is 10.2. The van der Waals surface area contributed by atoms with Gasteiger partial charge in [-0.3, -0.25) is 10.1 Å². The van der Waals surface area contributed by atoms with Gasteiger partial charge < -0.3 is 4.74 Å². The fourth-order valence-corrected chi connectivity index (χ4v) is 3.07. The zero-order valence-corrected chi connectivity index (χ0v) is 15.8. The number of hydrogen-bond donors (Lipinski definition) is 0. The lowest BCUT2D eigenvalue weighted by molar-refractivity contribution is -0.385. The number of rotatable bonds is 3. The Bertz CT molecular complexity index is 802. The quantitative estimate of drug-likeness (QED) is 0.204. The third-order valence-electron chi connectivity index (χ3n) is 2.56. The number of nitro benzene ring substituents is 1. The Morgan fingerprint density at radius 3 is 1.74 bits per heavy atom. The summed E-state index contributed by atoms with van der Waals surface area (Å²) in [6.45, 7) is 0. The smallest absolute Gasteiger partial charge is 0.333 e.